The molecule has 1 amide bonds. The first-order valence-electron chi connectivity index (χ1n) is 9.47. The van der Waals surface area contributed by atoms with E-state index in [4.69, 9.17) is 13.9 Å². The molecule has 0 atom stereocenters. The fourth-order valence-electron chi connectivity index (χ4n) is 2.67. The minimum Gasteiger partial charge on any atom is -0.494 e. The van der Waals surface area contributed by atoms with Crippen molar-refractivity contribution < 1.29 is 18.7 Å². The van der Waals surface area contributed by atoms with E-state index in [1.165, 1.54) is 0 Å². The quantitative estimate of drug-likeness (QED) is 0.454. The highest BCUT2D eigenvalue weighted by molar-refractivity contribution is 9.10. The maximum Gasteiger partial charge on any atom is 0.286 e. The zero-order chi connectivity index (χ0) is 20.6. The van der Waals surface area contributed by atoms with Crippen LogP contribution in [0.25, 0.3) is 0 Å². The van der Waals surface area contributed by atoms with E-state index in [1.807, 2.05) is 49.0 Å². The topological polar surface area (TPSA) is 78.5 Å². The molecule has 0 aliphatic heterocycles. The maximum absolute atomic E-state index is 12.2. The third-order valence-electron chi connectivity index (χ3n) is 4.14. The fraction of sp³-hybridized carbons (Fsp3) is 0.333. The van der Waals surface area contributed by atoms with E-state index in [-0.39, 0.29) is 18.3 Å². The van der Waals surface area contributed by atoms with E-state index >= 15 is 0 Å². The van der Waals surface area contributed by atoms with E-state index in [0.717, 1.165) is 28.9 Å². The summed E-state index contributed by atoms with van der Waals surface area (Å²) in [4.78, 5) is 12.2. The van der Waals surface area contributed by atoms with Crippen molar-refractivity contribution in [2.24, 2.45) is 0 Å². The van der Waals surface area contributed by atoms with E-state index in [2.05, 4.69) is 26.3 Å². The lowest BCUT2D eigenvalue weighted by molar-refractivity contribution is 0.0920. The summed E-state index contributed by atoms with van der Waals surface area (Å²) in [7, 11) is 0. The summed E-state index contributed by atoms with van der Waals surface area (Å²) in [5, 5.41) is 7.22. The number of carbonyl (C=O) groups excluding carboxylic acids is 1. The number of hydrogen-bond acceptors (Lipinski definition) is 5. The highest BCUT2D eigenvalue weighted by Gasteiger charge is 2.11. The molecule has 2 aromatic heterocycles. The molecule has 7 nitrogen and oxygen atoms in total. The zero-order valence-electron chi connectivity index (χ0n) is 16.5. The molecule has 0 saturated heterocycles. The van der Waals surface area contributed by atoms with Crippen LogP contribution in [-0.2, 0) is 13.2 Å². The number of hydrogen-bond donors (Lipinski definition) is 1. The summed E-state index contributed by atoms with van der Waals surface area (Å²) >= 11 is 3.44. The number of amides is 1. The molecule has 3 aromatic rings. The summed E-state index contributed by atoms with van der Waals surface area (Å²) < 4.78 is 19.5. The van der Waals surface area contributed by atoms with E-state index in [9.17, 15) is 4.79 Å². The lowest BCUT2D eigenvalue weighted by Gasteiger charge is -2.06. The number of aryl methyl sites for hydroxylation is 2. The number of ether oxygens (including phenoxy) is 2. The van der Waals surface area contributed by atoms with Gasteiger partial charge in [0, 0.05) is 19.3 Å². The minimum atomic E-state index is -0.241. The number of aromatic nitrogens is 2. The van der Waals surface area contributed by atoms with Crippen molar-refractivity contribution in [3.8, 4) is 11.5 Å². The average Bonchev–Trinajstić information content (AvgIpc) is 3.31. The van der Waals surface area contributed by atoms with Crippen molar-refractivity contribution >= 4 is 21.8 Å². The number of carbonyl (C=O) groups is 1. The number of halogens is 1. The van der Waals surface area contributed by atoms with Gasteiger partial charge in [-0.25, -0.2) is 0 Å². The molecule has 0 aliphatic rings. The molecule has 154 valence electrons. The molecule has 0 bridgehead atoms. The Balaban J connectivity index is 1.40. The molecule has 29 heavy (non-hydrogen) atoms. The second kappa shape index (κ2) is 10.2. The predicted octanol–water partition coefficient (Wildman–Crippen LogP) is 4.34. The molecule has 0 saturated carbocycles. The number of nitrogens with one attached hydrogen (secondary N) is 1. The van der Waals surface area contributed by atoms with Crippen LogP contribution in [0, 0.1) is 6.92 Å². The Morgan fingerprint density at radius 1 is 1.17 bits per heavy atom. The zero-order valence-corrected chi connectivity index (χ0v) is 18.1. The Bertz CT molecular complexity index is 914. The van der Waals surface area contributed by atoms with Crippen LogP contribution in [-0.4, -0.2) is 28.8 Å². The van der Waals surface area contributed by atoms with Crippen molar-refractivity contribution in [1.29, 1.82) is 0 Å². The Kier molecular flexibility index (Phi) is 7.35. The van der Waals surface area contributed by atoms with E-state index < -0.39 is 0 Å². The van der Waals surface area contributed by atoms with Crippen molar-refractivity contribution in [2.75, 3.05) is 13.2 Å². The van der Waals surface area contributed by atoms with Crippen LogP contribution < -0.4 is 14.8 Å². The summed E-state index contributed by atoms with van der Waals surface area (Å²) in [6.45, 7) is 6.01. The van der Waals surface area contributed by atoms with Gasteiger partial charge in [0.05, 0.1) is 16.8 Å². The van der Waals surface area contributed by atoms with Gasteiger partial charge in [-0.3, -0.25) is 9.48 Å². The van der Waals surface area contributed by atoms with Gasteiger partial charge >= 0.3 is 0 Å². The molecular formula is C21H24BrN3O4. The Hall–Kier alpha value is -2.74. The van der Waals surface area contributed by atoms with Crippen LogP contribution in [0.2, 0.25) is 0 Å². The Labute approximate surface area is 178 Å². The molecule has 0 spiro atoms. The molecule has 3 rings (SSSR count). The van der Waals surface area contributed by atoms with Crippen LogP contribution in [0.1, 0.15) is 35.4 Å². The molecule has 0 radical (unpaired) electrons. The van der Waals surface area contributed by atoms with Crippen molar-refractivity contribution in [1.82, 2.24) is 15.1 Å². The van der Waals surface area contributed by atoms with Gasteiger partial charge in [-0.15, -0.1) is 0 Å². The van der Waals surface area contributed by atoms with E-state index in [0.29, 0.717) is 24.7 Å². The number of furan rings is 1. The third kappa shape index (κ3) is 6.12. The summed E-state index contributed by atoms with van der Waals surface area (Å²) in [5.41, 5.74) is 0.949. The maximum atomic E-state index is 12.2. The molecule has 0 aliphatic carbocycles. The highest BCUT2D eigenvalue weighted by Crippen LogP contribution is 2.19. The summed E-state index contributed by atoms with van der Waals surface area (Å²) in [5.74, 6) is 2.12. The van der Waals surface area contributed by atoms with Crippen molar-refractivity contribution in [3.05, 3.63) is 64.3 Å². The van der Waals surface area contributed by atoms with Gasteiger partial charge < -0.3 is 19.2 Å². The second-order valence-corrected chi connectivity index (χ2v) is 7.25. The summed E-state index contributed by atoms with van der Waals surface area (Å²) in [6.07, 6.45) is 2.70. The molecule has 1 N–H and O–H groups in total. The first-order chi connectivity index (χ1) is 14.0. The van der Waals surface area contributed by atoms with Gasteiger partial charge in [0.15, 0.2) is 5.76 Å². The molecule has 2 heterocycles. The third-order valence-corrected chi connectivity index (χ3v) is 4.92. The lowest BCUT2D eigenvalue weighted by Crippen LogP contribution is -2.24. The number of rotatable bonds is 10. The van der Waals surface area contributed by atoms with Crippen LogP contribution >= 0.6 is 15.9 Å². The summed E-state index contributed by atoms with van der Waals surface area (Å²) in [6, 6.07) is 10.8. The SMILES string of the molecule is CCOc1ccc(OCc2ccc(C(=O)NCCCn3cc(Br)c(C)n3)o2)cc1. The van der Waals surface area contributed by atoms with Crippen LogP contribution in [0.3, 0.4) is 0 Å². The van der Waals surface area contributed by atoms with Gasteiger partial charge in [0.25, 0.3) is 5.91 Å². The predicted molar refractivity (Wildman–Crippen MR) is 112 cm³/mol. The van der Waals surface area contributed by atoms with Crippen molar-refractivity contribution in [3.63, 3.8) is 0 Å². The van der Waals surface area contributed by atoms with Gasteiger partial charge in [0.2, 0.25) is 0 Å². The van der Waals surface area contributed by atoms with E-state index in [1.54, 1.807) is 12.1 Å². The second-order valence-electron chi connectivity index (χ2n) is 6.39. The first kappa shape index (κ1) is 21.0. The molecule has 0 unspecified atom stereocenters. The van der Waals surface area contributed by atoms with Crippen LogP contribution in [0.4, 0.5) is 0 Å². The Morgan fingerprint density at radius 2 is 1.90 bits per heavy atom. The van der Waals surface area contributed by atoms with Gasteiger partial charge in [-0.05, 0) is 72.6 Å². The van der Waals surface area contributed by atoms with Crippen LogP contribution in [0.5, 0.6) is 11.5 Å². The molecule has 8 heteroatoms. The number of benzene rings is 1. The van der Waals surface area contributed by atoms with Gasteiger partial charge in [0.1, 0.15) is 23.9 Å². The number of nitrogens with zero attached hydrogens (tertiary/aromatic N) is 2. The molecule has 1 aromatic carbocycles. The smallest absolute Gasteiger partial charge is 0.286 e. The Morgan fingerprint density at radius 3 is 2.55 bits per heavy atom. The minimum absolute atomic E-state index is 0.241. The average molecular weight is 462 g/mol. The monoisotopic (exact) mass is 461 g/mol. The fourth-order valence-corrected chi connectivity index (χ4v) is 2.98. The molecular weight excluding hydrogens is 438 g/mol. The standard InChI is InChI=1S/C21H24BrN3O4/c1-3-27-16-5-7-17(8-6-16)28-14-18-9-10-20(29-18)21(26)23-11-4-12-25-13-19(22)15(2)24-25/h5-10,13H,3-4,11-12,14H2,1-2H3,(H,23,26). The van der Waals surface area contributed by atoms with Gasteiger partial charge in [-0.1, -0.05) is 0 Å². The van der Waals surface area contributed by atoms with Crippen LogP contribution in [0.15, 0.2) is 51.5 Å². The van der Waals surface area contributed by atoms with Crippen molar-refractivity contribution in [2.45, 2.75) is 33.4 Å². The largest absolute Gasteiger partial charge is 0.494 e. The first-order valence-corrected chi connectivity index (χ1v) is 10.3. The normalized spacial score (nSPS) is 10.7. The molecule has 0 fully saturated rings. The highest BCUT2D eigenvalue weighted by atomic mass is 79.9. The van der Waals surface area contributed by atoms with Gasteiger partial charge in [-0.2, -0.15) is 5.10 Å². The lowest BCUT2D eigenvalue weighted by atomic mass is 10.3.